The number of carbonyl (C=O) groups is 2. The van der Waals surface area contributed by atoms with E-state index in [2.05, 4.69) is 27.3 Å². The maximum absolute atomic E-state index is 12.5. The van der Waals surface area contributed by atoms with Crippen molar-refractivity contribution in [2.75, 3.05) is 0 Å². The molecule has 0 bridgehead atoms. The highest BCUT2D eigenvalue weighted by Gasteiger charge is 2.43. The van der Waals surface area contributed by atoms with Crippen molar-refractivity contribution in [3.8, 4) is 0 Å². The quantitative estimate of drug-likeness (QED) is 0.880. The predicted molar refractivity (Wildman–Crippen MR) is 85.6 cm³/mol. The Bertz CT molecular complexity index is 777. The molecule has 8 nitrogen and oxygen atoms in total. The summed E-state index contributed by atoms with van der Waals surface area (Å²) in [5, 5.41) is 16.5. The number of hydrogen-bond donors (Lipinski definition) is 2. The Hall–Kier alpha value is -2.51. The van der Waals surface area contributed by atoms with Gasteiger partial charge in [0, 0.05) is 11.9 Å². The Morgan fingerprint density at radius 1 is 1.42 bits per heavy atom. The Labute approximate surface area is 139 Å². The number of rotatable bonds is 4. The monoisotopic (exact) mass is 331 g/mol. The molecule has 1 fully saturated rings. The first kappa shape index (κ1) is 16.4. The summed E-state index contributed by atoms with van der Waals surface area (Å²) in [6, 6.07) is 1.76. The molecule has 0 radical (unpaired) electrons. The van der Waals surface area contributed by atoms with Crippen LogP contribution < -0.4 is 5.32 Å². The number of carboxylic acids is 1. The number of nitrogens with one attached hydrogen (secondary N) is 1. The molecule has 2 N–H and O–H groups in total. The molecule has 0 aromatic carbocycles. The Balaban J connectivity index is 1.83. The molecule has 0 saturated heterocycles. The molecule has 0 spiro atoms. The molecule has 0 unspecified atom stereocenters. The van der Waals surface area contributed by atoms with Crippen LogP contribution in [0.4, 0.5) is 0 Å². The van der Waals surface area contributed by atoms with Gasteiger partial charge in [0.1, 0.15) is 5.54 Å². The molecular formula is C16H21N5O3. The van der Waals surface area contributed by atoms with E-state index in [1.165, 1.54) is 4.52 Å². The molecule has 2 aromatic heterocycles. The van der Waals surface area contributed by atoms with Crippen molar-refractivity contribution in [1.29, 1.82) is 0 Å². The highest BCUT2D eigenvalue weighted by molar-refractivity contribution is 5.95. The number of aliphatic carboxylic acids is 1. The van der Waals surface area contributed by atoms with Gasteiger partial charge >= 0.3 is 5.97 Å². The Kier molecular flexibility index (Phi) is 4.21. The fourth-order valence-electron chi connectivity index (χ4n) is 3.25. The van der Waals surface area contributed by atoms with E-state index in [9.17, 15) is 14.7 Å². The average molecular weight is 331 g/mol. The normalized spacial score (nSPS) is 24.0. The van der Waals surface area contributed by atoms with Crippen molar-refractivity contribution in [1.82, 2.24) is 24.9 Å². The van der Waals surface area contributed by atoms with Gasteiger partial charge in [0.25, 0.3) is 11.7 Å². The molecule has 1 saturated carbocycles. The molecule has 128 valence electrons. The SMILES string of the molecule is CCC1CCC(NC(=O)c2nc3nccc(C)n3n2)(C(=O)O)CC1. The van der Waals surface area contributed by atoms with Crippen LogP contribution >= 0.6 is 0 Å². The Morgan fingerprint density at radius 3 is 2.71 bits per heavy atom. The smallest absolute Gasteiger partial charge is 0.329 e. The zero-order chi connectivity index (χ0) is 17.3. The summed E-state index contributed by atoms with van der Waals surface area (Å²) in [5.74, 6) is -0.787. The van der Waals surface area contributed by atoms with E-state index in [1.807, 2.05) is 6.92 Å². The van der Waals surface area contributed by atoms with Crippen LogP contribution in [-0.4, -0.2) is 42.1 Å². The van der Waals surface area contributed by atoms with Crippen LogP contribution in [0.1, 0.15) is 55.3 Å². The van der Waals surface area contributed by atoms with Crippen LogP contribution in [0, 0.1) is 12.8 Å². The van der Waals surface area contributed by atoms with Gasteiger partial charge < -0.3 is 10.4 Å². The number of aromatic nitrogens is 4. The van der Waals surface area contributed by atoms with Gasteiger partial charge in [-0.3, -0.25) is 4.79 Å². The maximum Gasteiger partial charge on any atom is 0.329 e. The van der Waals surface area contributed by atoms with Gasteiger partial charge in [-0.25, -0.2) is 14.3 Å². The van der Waals surface area contributed by atoms with E-state index in [4.69, 9.17) is 0 Å². The lowest BCUT2D eigenvalue weighted by atomic mass is 9.75. The first-order valence-corrected chi connectivity index (χ1v) is 8.19. The highest BCUT2D eigenvalue weighted by atomic mass is 16.4. The van der Waals surface area contributed by atoms with Gasteiger partial charge in [-0.15, -0.1) is 5.10 Å². The lowest BCUT2D eigenvalue weighted by Crippen LogP contribution is -2.56. The van der Waals surface area contributed by atoms with Crippen molar-refractivity contribution in [3.63, 3.8) is 0 Å². The van der Waals surface area contributed by atoms with Crippen molar-refractivity contribution in [2.24, 2.45) is 5.92 Å². The minimum absolute atomic E-state index is 0.0601. The molecule has 3 rings (SSSR count). The first-order chi connectivity index (χ1) is 11.4. The van der Waals surface area contributed by atoms with Gasteiger partial charge in [-0.2, -0.15) is 4.98 Å². The molecular weight excluding hydrogens is 310 g/mol. The lowest BCUT2D eigenvalue weighted by molar-refractivity contribution is -0.146. The van der Waals surface area contributed by atoms with Crippen molar-refractivity contribution >= 4 is 17.7 Å². The van der Waals surface area contributed by atoms with Crippen LogP contribution in [0.25, 0.3) is 5.78 Å². The van der Waals surface area contributed by atoms with Crippen LogP contribution in [0.15, 0.2) is 12.3 Å². The van der Waals surface area contributed by atoms with Gasteiger partial charge in [-0.1, -0.05) is 13.3 Å². The fraction of sp³-hybridized carbons (Fsp3) is 0.562. The number of fused-ring (bicyclic) bond motifs is 1. The third kappa shape index (κ3) is 2.83. The Morgan fingerprint density at radius 2 is 2.12 bits per heavy atom. The number of carbonyl (C=O) groups excluding carboxylic acids is 1. The van der Waals surface area contributed by atoms with E-state index in [1.54, 1.807) is 12.3 Å². The topological polar surface area (TPSA) is 109 Å². The zero-order valence-electron chi connectivity index (χ0n) is 13.8. The van der Waals surface area contributed by atoms with E-state index < -0.39 is 17.4 Å². The summed E-state index contributed by atoms with van der Waals surface area (Å²) in [5.41, 5.74) is -0.439. The van der Waals surface area contributed by atoms with Crippen molar-refractivity contribution in [2.45, 2.75) is 51.5 Å². The van der Waals surface area contributed by atoms with Gasteiger partial charge in [0.2, 0.25) is 5.82 Å². The number of nitrogens with zero attached hydrogens (tertiary/aromatic N) is 4. The van der Waals surface area contributed by atoms with Gasteiger partial charge in [-0.05, 0) is 44.6 Å². The van der Waals surface area contributed by atoms with E-state index in [-0.39, 0.29) is 5.82 Å². The first-order valence-electron chi connectivity index (χ1n) is 8.19. The molecule has 1 aliphatic carbocycles. The minimum Gasteiger partial charge on any atom is -0.480 e. The third-order valence-corrected chi connectivity index (χ3v) is 4.93. The second kappa shape index (κ2) is 6.18. The molecule has 1 aliphatic rings. The van der Waals surface area contributed by atoms with E-state index >= 15 is 0 Å². The number of aryl methyl sites for hydroxylation is 1. The van der Waals surface area contributed by atoms with Crippen molar-refractivity contribution < 1.29 is 14.7 Å². The molecule has 0 aliphatic heterocycles. The minimum atomic E-state index is -1.23. The summed E-state index contributed by atoms with van der Waals surface area (Å²) in [6.45, 7) is 3.93. The molecule has 2 heterocycles. The summed E-state index contributed by atoms with van der Waals surface area (Å²) in [4.78, 5) is 32.5. The fourth-order valence-corrected chi connectivity index (χ4v) is 3.25. The summed E-state index contributed by atoms with van der Waals surface area (Å²) >= 11 is 0. The maximum atomic E-state index is 12.5. The second-order valence-electron chi connectivity index (χ2n) is 6.43. The summed E-state index contributed by atoms with van der Waals surface area (Å²) < 4.78 is 1.47. The largest absolute Gasteiger partial charge is 0.480 e. The van der Waals surface area contributed by atoms with Gasteiger partial charge in [0.15, 0.2) is 0 Å². The molecule has 1 amide bonds. The zero-order valence-corrected chi connectivity index (χ0v) is 13.8. The molecule has 8 heteroatoms. The number of carboxylic acid groups (broad SMARTS) is 1. The average Bonchev–Trinajstić information content (AvgIpc) is 3.01. The standard InChI is InChI=1S/C16H21N5O3/c1-3-11-4-7-16(8-5-11,14(23)24)19-13(22)12-18-15-17-9-6-10(2)21(15)20-12/h6,9,11H,3-5,7-8H2,1-2H3,(H,19,22)(H,23,24). The highest BCUT2D eigenvalue weighted by Crippen LogP contribution is 2.34. The van der Waals surface area contributed by atoms with Crippen molar-refractivity contribution in [3.05, 3.63) is 23.8 Å². The molecule has 24 heavy (non-hydrogen) atoms. The van der Waals surface area contributed by atoms with Crippen LogP contribution in [0.5, 0.6) is 0 Å². The van der Waals surface area contributed by atoms with E-state index in [0.29, 0.717) is 24.5 Å². The van der Waals surface area contributed by atoms with Crippen LogP contribution in [0.2, 0.25) is 0 Å². The van der Waals surface area contributed by atoms with E-state index in [0.717, 1.165) is 25.0 Å². The predicted octanol–water partition coefficient (Wildman–Crippen LogP) is 1.59. The van der Waals surface area contributed by atoms with Crippen LogP contribution in [-0.2, 0) is 4.79 Å². The van der Waals surface area contributed by atoms with Gasteiger partial charge in [0.05, 0.1) is 0 Å². The third-order valence-electron chi connectivity index (χ3n) is 4.93. The number of amides is 1. The second-order valence-corrected chi connectivity index (χ2v) is 6.43. The summed E-state index contributed by atoms with van der Waals surface area (Å²) in [6.07, 6.45) is 5.06. The molecule has 2 aromatic rings. The van der Waals surface area contributed by atoms with Crippen LogP contribution in [0.3, 0.4) is 0 Å². The lowest BCUT2D eigenvalue weighted by Gasteiger charge is -2.36. The molecule has 0 atom stereocenters. The number of hydrogen-bond acceptors (Lipinski definition) is 5. The summed E-state index contributed by atoms with van der Waals surface area (Å²) in [7, 11) is 0.